The molecule has 0 bridgehead atoms. The van der Waals surface area contributed by atoms with Crippen molar-refractivity contribution >= 4 is 5.69 Å². The number of rotatable bonds is 6. The largest absolute Gasteiger partial charge is 0.317 e. The Kier molecular flexibility index (Phi) is 3.66. The summed E-state index contributed by atoms with van der Waals surface area (Å²) in [6, 6.07) is 7.49. The van der Waals surface area contributed by atoms with E-state index in [-0.39, 0.29) is 10.6 Å². The fourth-order valence-corrected chi connectivity index (χ4v) is 2.54. The van der Waals surface area contributed by atoms with Crippen LogP contribution in [-0.2, 0) is 6.42 Å². The van der Waals surface area contributed by atoms with Gasteiger partial charge >= 0.3 is 0 Å². The van der Waals surface area contributed by atoms with E-state index in [9.17, 15) is 10.1 Å². The first kappa shape index (κ1) is 13.0. The Labute approximate surface area is 108 Å². The first-order valence-electron chi connectivity index (χ1n) is 6.48. The Hall–Kier alpha value is -1.42. The van der Waals surface area contributed by atoms with E-state index in [2.05, 4.69) is 12.2 Å². The van der Waals surface area contributed by atoms with Gasteiger partial charge in [-0.3, -0.25) is 10.1 Å². The maximum absolute atomic E-state index is 10.6. The molecule has 2 rings (SSSR count). The highest BCUT2D eigenvalue weighted by molar-refractivity contribution is 5.33. The summed E-state index contributed by atoms with van der Waals surface area (Å²) in [6.45, 7) is 2.24. The van der Waals surface area contributed by atoms with Gasteiger partial charge in [0, 0.05) is 18.2 Å². The Bertz CT molecular complexity index is 424. The monoisotopic (exact) mass is 248 g/mol. The molecule has 1 unspecified atom stereocenters. The molecule has 0 saturated heterocycles. The summed E-state index contributed by atoms with van der Waals surface area (Å²) in [5, 5.41) is 13.9. The summed E-state index contributed by atoms with van der Waals surface area (Å²) in [5.74, 6) is 0. The minimum atomic E-state index is -0.352. The van der Waals surface area contributed by atoms with Crippen molar-refractivity contribution < 1.29 is 4.92 Å². The van der Waals surface area contributed by atoms with Crippen molar-refractivity contribution in [1.82, 2.24) is 5.32 Å². The molecule has 1 aromatic rings. The van der Waals surface area contributed by atoms with Crippen LogP contribution in [0.2, 0.25) is 0 Å². The minimum Gasteiger partial charge on any atom is -0.317 e. The predicted octanol–water partition coefficient (Wildman–Crippen LogP) is 2.92. The van der Waals surface area contributed by atoms with Crippen LogP contribution in [0.3, 0.4) is 0 Å². The molecule has 98 valence electrons. The lowest BCUT2D eigenvalue weighted by Gasteiger charge is -2.22. The SMILES string of the molecule is CNC(C)C1(CCc2ccc([N+](=O)[O-])cc2)CC1. The number of benzene rings is 1. The quantitative estimate of drug-likeness (QED) is 0.622. The fourth-order valence-electron chi connectivity index (χ4n) is 2.54. The zero-order valence-electron chi connectivity index (χ0n) is 11.0. The number of nitrogens with one attached hydrogen (secondary N) is 1. The molecule has 0 heterocycles. The van der Waals surface area contributed by atoms with Gasteiger partial charge in [-0.1, -0.05) is 12.1 Å². The highest BCUT2D eigenvalue weighted by Crippen LogP contribution is 2.52. The van der Waals surface area contributed by atoms with Crippen LogP contribution in [0.1, 0.15) is 31.7 Å². The van der Waals surface area contributed by atoms with Crippen molar-refractivity contribution in [2.75, 3.05) is 7.05 Å². The third-order valence-corrected chi connectivity index (χ3v) is 4.30. The number of nitrogens with zero attached hydrogens (tertiary/aromatic N) is 1. The summed E-state index contributed by atoms with van der Waals surface area (Å²) < 4.78 is 0. The number of aryl methyl sites for hydroxylation is 1. The van der Waals surface area contributed by atoms with E-state index in [1.165, 1.54) is 18.4 Å². The molecular weight excluding hydrogens is 228 g/mol. The van der Waals surface area contributed by atoms with Gasteiger partial charge in [0.2, 0.25) is 0 Å². The molecule has 0 aliphatic heterocycles. The summed E-state index contributed by atoms with van der Waals surface area (Å²) in [5.41, 5.74) is 1.81. The fraction of sp³-hybridized carbons (Fsp3) is 0.571. The molecule has 0 aromatic heterocycles. The maximum Gasteiger partial charge on any atom is 0.269 e. The molecule has 1 aliphatic carbocycles. The van der Waals surface area contributed by atoms with Gasteiger partial charge in [-0.15, -0.1) is 0 Å². The van der Waals surface area contributed by atoms with E-state index in [0.29, 0.717) is 11.5 Å². The van der Waals surface area contributed by atoms with Crippen LogP contribution in [0.4, 0.5) is 5.69 Å². The molecule has 1 atom stereocenters. The topological polar surface area (TPSA) is 55.2 Å². The highest BCUT2D eigenvalue weighted by atomic mass is 16.6. The second-order valence-corrected chi connectivity index (χ2v) is 5.30. The van der Waals surface area contributed by atoms with E-state index in [4.69, 9.17) is 0 Å². The van der Waals surface area contributed by atoms with Gasteiger partial charge in [0.25, 0.3) is 5.69 Å². The van der Waals surface area contributed by atoms with Crippen LogP contribution < -0.4 is 5.32 Å². The Morgan fingerprint density at radius 3 is 2.44 bits per heavy atom. The van der Waals surface area contributed by atoms with Crippen molar-refractivity contribution in [3.8, 4) is 0 Å². The van der Waals surface area contributed by atoms with Crippen LogP contribution in [-0.4, -0.2) is 18.0 Å². The van der Waals surface area contributed by atoms with Crippen LogP contribution in [0.5, 0.6) is 0 Å². The summed E-state index contributed by atoms with van der Waals surface area (Å²) in [6.07, 6.45) is 4.75. The van der Waals surface area contributed by atoms with E-state index in [0.717, 1.165) is 12.8 Å². The van der Waals surface area contributed by atoms with Crippen LogP contribution in [0, 0.1) is 15.5 Å². The average Bonchev–Trinajstić information content (AvgIpc) is 3.17. The van der Waals surface area contributed by atoms with Crippen molar-refractivity contribution in [2.24, 2.45) is 5.41 Å². The van der Waals surface area contributed by atoms with Crippen molar-refractivity contribution in [2.45, 2.75) is 38.6 Å². The molecule has 18 heavy (non-hydrogen) atoms. The lowest BCUT2D eigenvalue weighted by atomic mass is 9.90. The normalized spacial score (nSPS) is 18.3. The number of non-ortho nitro benzene ring substituents is 1. The number of hydrogen-bond donors (Lipinski definition) is 1. The highest BCUT2D eigenvalue weighted by Gasteiger charge is 2.45. The zero-order valence-corrected chi connectivity index (χ0v) is 11.0. The third kappa shape index (κ3) is 2.70. The average molecular weight is 248 g/mol. The van der Waals surface area contributed by atoms with E-state index in [1.54, 1.807) is 12.1 Å². The first-order chi connectivity index (χ1) is 8.57. The van der Waals surface area contributed by atoms with Gasteiger partial charge in [-0.05, 0) is 50.6 Å². The standard InChI is InChI=1S/C14H20N2O2/c1-11(15-2)14(9-10-14)8-7-12-3-5-13(6-4-12)16(17)18/h3-6,11,15H,7-10H2,1-2H3. The molecule has 0 radical (unpaired) electrons. The molecule has 0 amide bonds. The Morgan fingerprint density at radius 1 is 1.39 bits per heavy atom. The lowest BCUT2D eigenvalue weighted by Crippen LogP contribution is -2.32. The number of nitro groups is 1. The molecule has 1 saturated carbocycles. The number of hydrogen-bond acceptors (Lipinski definition) is 3. The van der Waals surface area contributed by atoms with Gasteiger partial charge in [-0.2, -0.15) is 0 Å². The second-order valence-electron chi connectivity index (χ2n) is 5.30. The van der Waals surface area contributed by atoms with Gasteiger partial charge < -0.3 is 5.32 Å². The second kappa shape index (κ2) is 5.06. The molecule has 0 spiro atoms. The van der Waals surface area contributed by atoms with E-state index < -0.39 is 0 Å². The van der Waals surface area contributed by atoms with E-state index >= 15 is 0 Å². The number of nitro benzene ring substituents is 1. The van der Waals surface area contributed by atoms with Crippen LogP contribution in [0.25, 0.3) is 0 Å². The molecule has 1 N–H and O–H groups in total. The van der Waals surface area contributed by atoms with Crippen LogP contribution >= 0.6 is 0 Å². The van der Waals surface area contributed by atoms with Gasteiger partial charge in [-0.25, -0.2) is 0 Å². The minimum absolute atomic E-state index is 0.170. The van der Waals surface area contributed by atoms with Gasteiger partial charge in [0.15, 0.2) is 0 Å². The van der Waals surface area contributed by atoms with Gasteiger partial charge in [0.1, 0.15) is 0 Å². The smallest absolute Gasteiger partial charge is 0.269 e. The van der Waals surface area contributed by atoms with Crippen molar-refractivity contribution in [1.29, 1.82) is 0 Å². The van der Waals surface area contributed by atoms with E-state index in [1.807, 2.05) is 19.2 Å². The molecule has 1 aromatic carbocycles. The molecule has 4 heteroatoms. The summed E-state index contributed by atoms with van der Waals surface area (Å²) in [7, 11) is 2.01. The summed E-state index contributed by atoms with van der Waals surface area (Å²) in [4.78, 5) is 10.2. The first-order valence-corrected chi connectivity index (χ1v) is 6.48. The Morgan fingerprint density at radius 2 is 2.00 bits per heavy atom. The summed E-state index contributed by atoms with van der Waals surface area (Å²) >= 11 is 0. The molecule has 1 fully saturated rings. The van der Waals surface area contributed by atoms with Crippen LogP contribution in [0.15, 0.2) is 24.3 Å². The Balaban J connectivity index is 1.93. The molecule has 4 nitrogen and oxygen atoms in total. The third-order valence-electron chi connectivity index (χ3n) is 4.30. The van der Waals surface area contributed by atoms with Crippen molar-refractivity contribution in [3.63, 3.8) is 0 Å². The zero-order chi connectivity index (χ0) is 13.2. The van der Waals surface area contributed by atoms with Crippen molar-refractivity contribution in [3.05, 3.63) is 39.9 Å². The lowest BCUT2D eigenvalue weighted by molar-refractivity contribution is -0.384. The molecular formula is C14H20N2O2. The maximum atomic E-state index is 10.6. The van der Waals surface area contributed by atoms with Gasteiger partial charge in [0.05, 0.1) is 4.92 Å². The predicted molar refractivity (Wildman–Crippen MR) is 71.6 cm³/mol. The molecule has 1 aliphatic rings.